The predicted molar refractivity (Wildman–Crippen MR) is 98.5 cm³/mol. The Kier molecular flexibility index (Phi) is 10.4. The van der Waals surface area contributed by atoms with Gasteiger partial charge in [-0.25, -0.2) is 8.42 Å². The number of sulfone groups is 1. The zero-order valence-corrected chi connectivity index (χ0v) is 16.1. The van der Waals surface area contributed by atoms with E-state index in [1.165, 1.54) is 19.3 Å². The standard InChI is InChI=1S/C19H38O3S/c1-3-5-7-8-10-14-17(13-9-6-4-2)23(21,22)19-16-12-11-15-18(19)20/h17-20H,3-16H2,1-2H3. The molecule has 0 bridgehead atoms. The minimum atomic E-state index is -3.20. The highest BCUT2D eigenvalue weighted by Crippen LogP contribution is 2.30. The number of rotatable bonds is 12. The monoisotopic (exact) mass is 346 g/mol. The van der Waals surface area contributed by atoms with E-state index in [0.717, 1.165) is 57.8 Å². The van der Waals surface area contributed by atoms with E-state index in [4.69, 9.17) is 0 Å². The molecule has 1 rings (SSSR count). The zero-order valence-electron chi connectivity index (χ0n) is 15.3. The van der Waals surface area contributed by atoms with Crippen LogP contribution in [0.4, 0.5) is 0 Å². The lowest BCUT2D eigenvalue weighted by atomic mass is 9.97. The van der Waals surface area contributed by atoms with Gasteiger partial charge < -0.3 is 5.11 Å². The summed E-state index contributed by atoms with van der Waals surface area (Å²) in [5, 5.41) is 9.46. The first-order chi connectivity index (χ1) is 11.0. The Morgan fingerprint density at radius 2 is 1.39 bits per heavy atom. The number of hydrogen-bond acceptors (Lipinski definition) is 3. The molecule has 138 valence electrons. The Balaban J connectivity index is 2.63. The Labute approximate surface area is 144 Å². The average molecular weight is 347 g/mol. The second kappa shape index (κ2) is 11.5. The van der Waals surface area contributed by atoms with Gasteiger partial charge in [0, 0.05) is 0 Å². The van der Waals surface area contributed by atoms with Gasteiger partial charge in [-0.2, -0.15) is 0 Å². The zero-order chi connectivity index (χ0) is 17.1. The van der Waals surface area contributed by atoms with Gasteiger partial charge in [0.15, 0.2) is 9.84 Å². The molecule has 0 aromatic heterocycles. The van der Waals surface area contributed by atoms with Crippen LogP contribution in [0.15, 0.2) is 0 Å². The molecule has 0 saturated heterocycles. The summed E-state index contributed by atoms with van der Waals surface area (Å²) in [6, 6.07) is 0. The van der Waals surface area contributed by atoms with Crippen molar-refractivity contribution in [2.75, 3.05) is 0 Å². The topological polar surface area (TPSA) is 54.4 Å². The molecule has 0 radical (unpaired) electrons. The SMILES string of the molecule is CCCCCCCC(CCCCC)S(=O)(=O)C1CCCCC1O. The van der Waals surface area contributed by atoms with Crippen LogP contribution in [-0.4, -0.2) is 30.1 Å². The largest absolute Gasteiger partial charge is 0.392 e. The number of aliphatic hydroxyl groups is 1. The van der Waals surface area contributed by atoms with Gasteiger partial charge >= 0.3 is 0 Å². The number of aliphatic hydroxyl groups excluding tert-OH is 1. The third-order valence-electron chi connectivity index (χ3n) is 5.31. The maximum Gasteiger partial charge on any atom is 0.158 e. The van der Waals surface area contributed by atoms with Crippen molar-refractivity contribution in [1.29, 1.82) is 0 Å². The van der Waals surface area contributed by atoms with Crippen molar-refractivity contribution in [2.24, 2.45) is 0 Å². The molecule has 0 aromatic carbocycles. The van der Waals surface area contributed by atoms with Crippen LogP contribution in [0, 0.1) is 0 Å². The lowest BCUT2D eigenvalue weighted by molar-refractivity contribution is 0.133. The Morgan fingerprint density at radius 1 is 0.870 bits per heavy atom. The van der Waals surface area contributed by atoms with E-state index < -0.39 is 21.2 Å². The third kappa shape index (κ3) is 7.13. The number of hydrogen-bond donors (Lipinski definition) is 1. The number of unbranched alkanes of at least 4 members (excludes halogenated alkanes) is 6. The van der Waals surface area contributed by atoms with Gasteiger partial charge in [-0.05, 0) is 25.7 Å². The summed E-state index contributed by atoms with van der Waals surface area (Å²) < 4.78 is 26.1. The van der Waals surface area contributed by atoms with Crippen molar-refractivity contribution in [3.63, 3.8) is 0 Å². The van der Waals surface area contributed by atoms with Gasteiger partial charge in [0.25, 0.3) is 0 Å². The van der Waals surface area contributed by atoms with Crippen molar-refractivity contribution in [3.05, 3.63) is 0 Å². The second-order valence-electron chi connectivity index (χ2n) is 7.30. The molecular formula is C19H38O3S. The van der Waals surface area contributed by atoms with Crippen molar-refractivity contribution in [1.82, 2.24) is 0 Å². The van der Waals surface area contributed by atoms with Crippen LogP contribution < -0.4 is 0 Å². The van der Waals surface area contributed by atoms with Crippen molar-refractivity contribution < 1.29 is 13.5 Å². The Morgan fingerprint density at radius 3 is 2.00 bits per heavy atom. The molecular weight excluding hydrogens is 308 g/mol. The van der Waals surface area contributed by atoms with E-state index in [-0.39, 0.29) is 5.25 Å². The quantitative estimate of drug-likeness (QED) is 0.505. The third-order valence-corrected chi connectivity index (χ3v) is 8.11. The van der Waals surface area contributed by atoms with E-state index in [1.807, 2.05) is 0 Å². The van der Waals surface area contributed by atoms with Crippen LogP contribution in [0.1, 0.15) is 104 Å². The van der Waals surface area contributed by atoms with Crippen LogP contribution in [0.25, 0.3) is 0 Å². The molecule has 3 nitrogen and oxygen atoms in total. The first kappa shape index (κ1) is 21.0. The molecule has 23 heavy (non-hydrogen) atoms. The fraction of sp³-hybridized carbons (Fsp3) is 1.00. The molecule has 3 unspecified atom stereocenters. The van der Waals surface area contributed by atoms with E-state index in [9.17, 15) is 13.5 Å². The van der Waals surface area contributed by atoms with Crippen LogP contribution in [-0.2, 0) is 9.84 Å². The molecule has 4 heteroatoms. The predicted octanol–water partition coefficient (Wildman–Crippen LogP) is 5.01. The van der Waals surface area contributed by atoms with E-state index >= 15 is 0 Å². The molecule has 0 aromatic rings. The molecule has 1 N–H and O–H groups in total. The van der Waals surface area contributed by atoms with Crippen LogP contribution in [0.2, 0.25) is 0 Å². The van der Waals surface area contributed by atoms with Crippen LogP contribution in [0.3, 0.4) is 0 Å². The summed E-state index contributed by atoms with van der Waals surface area (Å²) >= 11 is 0. The molecule has 1 saturated carbocycles. The van der Waals surface area contributed by atoms with Gasteiger partial charge in [-0.1, -0.05) is 78.1 Å². The van der Waals surface area contributed by atoms with E-state index in [1.54, 1.807) is 0 Å². The first-order valence-corrected chi connectivity index (χ1v) is 11.6. The van der Waals surface area contributed by atoms with Gasteiger partial charge in [-0.15, -0.1) is 0 Å². The maximum atomic E-state index is 13.1. The molecule has 0 aliphatic heterocycles. The first-order valence-electron chi connectivity index (χ1n) is 9.94. The summed E-state index contributed by atoms with van der Waals surface area (Å²) in [6.07, 6.45) is 13.2. The fourth-order valence-electron chi connectivity index (χ4n) is 3.78. The summed E-state index contributed by atoms with van der Waals surface area (Å²) in [5.41, 5.74) is 0. The minimum Gasteiger partial charge on any atom is -0.392 e. The van der Waals surface area contributed by atoms with Crippen LogP contribution in [0.5, 0.6) is 0 Å². The summed E-state index contributed by atoms with van der Waals surface area (Å²) in [5.74, 6) is 0. The molecule has 0 amide bonds. The second-order valence-corrected chi connectivity index (χ2v) is 9.75. The lowest BCUT2D eigenvalue weighted by Crippen LogP contribution is -2.42. The molecule has 1 aliphatic carbocycles. The average Bonchev–Trinajstić information content (AvgIpc) is 2.53. The van der Waals surface area contributed by atoms with Crippen LogP contribution >= 0.6 is 0 Å². The maximum absolute atomic E-state index is 13.1. The molecule has 1 fully saturated rings. The molecule has 0 spiro atoms. The van der Waals surface area contributed by atoms with Crippen molar-refractivity contribution >= 4 is 9.84 Å². The normalized spacial score (nSPS) is 23.8. The van der Waals surface area contributed by atoms with Gasteiger partial charge in [0.05, 0.1) is 16.6 Å². The smallest absolute Gasteiger partial charge is 0.158 e. The molecule has 3 atom stereocenters. The highest BCUT2D eigenvalue weighted by atomic mass is 32.2. The van der Waals surface area contributed by atoms with Crippen molar-refractivity contribution in [3.8, 4) is 0 Å². The van der Waals surface area contributed by atoms with E-state index in [0.29, 0.717) is 12.8 Å². The Hall–Kier alpha value is -0.0900. The highest BCUT2D eigenvalue weighted by molar-refractivity contribution is 7.92. The fourth-order valence-corrected chi connectivity index (χ4v) is 6.33. The van der Waals surface area contributed by atoms with Gasteiger partial charge in [0.1, 0.15) is 0 Å². The summed E-state index contributed by atoms with van der Waals surface area (Å²) in [4.78, 5) is 0. The van der Waals surface area contributed by atoms with E-state index in [2.05, 4.69) is 13.8 Å². The molecule has 0 heterocycles. The van der Waals surface area contributed by atoms with Crippen molar-refractivity contribution in [2.45, 2.75) is 120 Å². The summed E-state index contributed by atoms with van der Waals surface area (Å²) in [6.45, 7) is 4.35. The van der Waals surface area contributed by atoms with Gasteiger partial charge in [0.2, 0.25) is 0 Å². The lowest BCUT2D eigenvalue weighted by Gasteiger charge is -2.31. The minimum absolute atomic E-state index is 0.228. The van der Waals surface area contributed by atoms with Gasteiger partial charge in [-0.3, -0.25) is 0 Å². The summed E-state index contributed by atoms with van der Waals surface area (Å²) in [7, 11) is -3.20. The highest BCUT2D eigenvalue weighted by Gasteiger charge is 2.38. The molecule has 1 aliphatic rings. The Bertz CT molecular complexity index is 391.